The van der Waals surface area contributed by atoms with Gasteiger partial charge >= 0.3 is 0 Å². The Kier molecular flexibility index (Phi) is 6.98. The zero-order chi connectivity index (χ0) is 20.9. The molecular weight excluding hydrogens is 380 g/mol. The van der Waals surface area contributed by atoms with Gasteiger partial charge in [0.1, 0.15) is 10.6 Å². The van der Waals surface area contributed by atoms with Crippen LogP contribution in [-0.4, -0.2) is 31.8 Å². The molecule has 0 atom stereocenters. The number of benzene rings is 1. The smallest absolute Gasteiger partial charge is 0.268 e. The van der Waals surface area contributed by atoms with Crippen LogP contribution in [0.15, 0.2) is 41.4 Å². The van der Waals surface area contributed by atoms with Crippen molar-refractivity contribution in [2.24, 2.45) is 13.0 Å². The summed E-state index contributed by atoms with van der Waals surface area (Å²) in [7, 11) is -0.697. The summed E-state index contributed by atoms with van der Waals surface area (Å²) in [6, 6.07) is 8.53. The van der Waals surface area contributed by atoms with Gasteiger partial charge in [-0.25, -0.2) is 13.1 Å². The van der Waals surface area contributed by atoms with Crippen LogP contribution in [-0.2, 0) is 28.4 Å². The quantitative estimate of drug-likeness (QED) is 0.621. The summed E-state index contributed by atoms with van der Waals surface area (Å²) in [6.07, 6.45) is 1.82. The molecule has 0 radical (unpaired) electrons. The molecule has 2 aromatic rings. The molecule has 0 aliphatic heterocycles. The van der Waals surface area contributed by atoms with Crippen molar-refractivity contribution < 1.29 is 18.0 Å². The molecule has 0 aliphatic rings. The molecule has 0 unspecified atom stereocenters. The number of carbonyl (C=O) groups excluding carboxylic acids is 2. The average molecular weight is 407 g/mol. The Morgan fingerprint density at radius 3 is 2.54 bits per heavy atom. The number of carbonyl (C=O) groups is 2. The van der Waals surface area contributed by atoms with Crippen molar-refractivity contribution in [3.8, 4) is 0 Å². The lowest BCUT2D eigenvalue weighted by atomic mass is 10.1. The standard InChI is InChI=1S/C19H26N4O4S/c1-13(2)8-18(24)22-15-7-5-6-14(9-15)11-21-19(25)17-10-16(12-23(17)4)28(26,27)20-3/h5-7,9-10,12-13,20H,8,11H2,1-4H3,(H,21,25)(H,22,24). The van der Waals surface area contributed by atoms with Gasteiger partial charge in [0.05, 0.1) is 0 Å². The first kappa shape index (κ1) is 21.6. The van der Waals surface area contributed by atoms with E-state index in [4.69, 9.17) is 0 Å². The largest absolute Gasteiger partial charge is 0.347 e. The minimum Gasteiger partial charge on any atom is -0.347 e. The first-order chi connectivity index (χ1) is 13.1. The maximum atomic E-state index is 12.4. The van der Waals surface area contributed by atoms with Gasteiger partial charge in [0.15, 0.2) is 0 Å². The Labute approximate surface area is 165 Å². The number of aromatic nitrogens is 1. The molecule has 0 fully saturated rings. The summed E-state index contributed by atoms with van der Waals surface area (Å²) in [4.78, 5) is 24.4. The van der Waals surface area contributed by atoms with E-state index in [0.717, 1.165) is 5.56 Å². The number of nitrogens with zero attached hydrogens (tertiary/aromatic N) is 1. The Bertz CT molecular complexity index is 964. The molecule has 0 saturated carbocycles. The number of anilines is 1. The average Bonchev–Trinajstić information content (AvgIpc) is 3.02. The summed E-state index contributed by atoms with van der Waals surface area (Å²) in [6.45, 7) is 4.19. The lowest BCUT2D eigenvalue weighted by molar-refractivity contribution is -0.116. The predicted octanol–water partition coefficient (Wildman–Crippen LogP) is 1.85. The molecule has 28 heavy (non-hydrogen) atoms. The van der Waals surface area contributed by atoms with Crippen molar-refractivity contribution in [3.63, 3.8) is 0 Å². The van der Waals surface area contributed by atoms with E-state index >= 15 is 0 Å². The Hall–Kier alpha value is -2.65. The minimum atomic E-state index is -3.62. The third-order valence-electron chi connectivity index (χ3n) is 4.05. The fourth-order valence-electron chi connectivity index (χ4n) is 2.64. The first-order valence-electron chi connectivity index (χ1n) is 8.89. The molecule has 2 rings (SSSR count). The molecule has 0 aliphatic carbocycles. The maximum Gasteiger partial charge on any atom is 0.268 e. The maximum absolute atomic E-state index is 12.4. The minimum absolute atomic E-state index is 0.0255. The van der Waals surface area contributed by atoms with Crippen molar-refractivity contribution in [1.29, 1.82) is 0 Å². The molecule has 0 spiro atoms. The number of sulfonamides is 1. The molecule has 9 heteroatoms. The van der Waals surface area contributed by atoms with E-state index in [9.17, 15) is 18.0 Å². The van der Waals surface area contributed by atoms with E-state index in [2.05, 4.69) is 15.4 Å². The molecule has 0 saturated heterocycles. The molecule has 8 nitrogen and oxygen atoms in total. The highest BCUT2D eigenvalue weighted by molar-refractivity contribution is 7.89. The zero-order valence-electron chi connectivity index (χ0n) is 16.4. The number of rotatable bonds is 8. The highest BCUT2D eigenvalue weighted by Gasteiger charge is 2.19. The van der Waals surface area contributed by atoms with Gasteiger partial charge in [-0.2, -0.15) is 0 Å². The van der Waals surface area contributed by atoms with Gasteiger partial charge in [-0.3, -0.25) is 9.59 Å². The lowest BCUT2D eigenvalue weighted by Crippen LogP contribution is -2.24. The molecule has 1 aromatic carbocycles. The summed E-state index contributed by atoms with van der Waals surface area (Å²) in [5.41, 5.74) is 1.71. The van der Waals surface area contributed by atoms with Gasteiger partial charge in [0, 0.05) is 31.9 Å². The van der Waals surface area contributed by atoms with Crippen molar-refractivity contribution in [1.82, 2.24) is 14.6 Å². The highest BCUT2D eigenvalue weighted by Crippen LogP contribution is 2.15. The van der Waals surface area contributed by atoms with Crippen LogP contribution in [0.1, 0.15) is 36.3 Å². The van der Waals surface area contributed by atoms with E-state index in [1.165, 1.54) is 23.9 Å². The Balaban J connectivity index is 2.04. The molecule has 1 heterocycles. The van der Waals surface area contributed by atoms with Crippen LogP contribution in [0.25, 0.3) is 0 Å². The van der Waals surface area contributed by atoms with E-state index in [0.29, 0.717) is 12.1 Å². The molecule has 1 aromatic heterocycles. The monoisotopic (exact) mass is 406 g/mol. The number of hydrogen-bond donors (Lipinski definition) is 3. The third kappa shape index (κ3) is 5.67. The van der Waals surface area contributed by atoms with Crippen LogP contribution in [0.2, 0.25) is 0 Å². The Morgan fingerprint density at radius 1 is 1.18 bits per heavy atom. The zero-order valence-corrected chi connectivity index (χ0v) is 17.3. The van der Waals surface area contributed by atoms with Gasteiger partial charge in [-0.05, 0) is 36.7 Å². The molecule has 3 N–H and O–H groups in total. The van der Waals surface area contributed by atoms with Crippen LogP contribution in [0, 0.1) is 5.92 Å². The number of hydrogen-bond acceptors (Lipinski definition) is 4. The highest BCUT2D eigenvalue weighted by atomic mass is 32.2. The number of amides is 2. The van der Waals surface area contributed by atoms with Crippen molar-refractivity contribution in [2.45, 2.75) is 31.7 Å². The summed E-state index contributed by atoms with van der Waals surface area (Å²) in [5.74, 6) is -0.183. The lowest BCUT2D eigenvalue weighted by Gasteiger charge is -2.10. The van der Waals surface area contributed by atoms with Crippen LogP contribution >= 0.6 is 0 Å². The number of aryl methyl sites for hydroxylation is 1. The molecule has 2 amide bonds. The summed E-state index contributed by atoms with van der Waals surface area (Å²) >= 11 is 0. The SMILES string of the molecule is CNS(=O)(=O)c1cc(C(=O)NCc2cccc(NC(=O)CC(C)C)c2)n(C)c1. The third-order valence-corrected chi connectivity index (χ3v) is 5.43. The fraction of sp³-hybridized carbons (Fsp3) is 0.368. The molecule has 152 valence electrons. The second kappa shape index (κ2) is 9.03. The van der Waals surface area contributed by atoms with E-state index in [1.54, 1.807) is 25.2 Å². The van der Waals surface area contributed by atoms with Gasteiger partial charge in [0.2, 0.25) is 15.9 Å². The van der Waals surface area contributed by atoms with E-state index < -0.39 is 15.9 Å². The van der Waals surface area contributed by atoms with Crippen molar-refractivity contribution in [2.75, 3.05) is 12.4 Å². The summed E-state index contributed by atoms with van der Waals surface area (Å²) in [5, 5.41) is 5.60. The molecule has 0 bridgehead atoms. The van der Waals surface area contributed by atoms with Gasteiger partial charge in [-0.15, -0.1) is 0 Å². The van der Waals surface area contributed by atoms with Crippen LogP contribution in [0.3, 0.4) is 0 Å². The fourth-order valence-corrected chi connectivity index (χ4v) is 3.44. The molecular formula is C19H26N4O4S. The van der Waals surface area contributed by atoms with Crippen molar-refractivity contribution >= 4 is 27.5 Å². The van der Waals surface area contributed by atoms with E-state index in [-0.39, 0.29) is 29.0 Å². The normalized spacial score (nSPS) is 11.5. The predicted molar refractivity (Wildman–Crippen MR) is 107 cm³/mol. The van der Waals surface area contributed by atoms with Gasteiger partial charge in [0.25, 0.3) is 5.91 Å². The van der Waals surface area contributed by atoms with Crippen LogP contribution < -0.4 is 15.4 Å². The van der Waals surface area contributed by atoms with Gasteiger partial charge in [-0.1, -0.05) is 26.0 Å². The second-order valence-corrected chi connectivity index (χ2v) is 8.80. The van der Waals surface area contributed by atoms with Crippen LogP contribution in [0.4, 0.5) is 5.69 Å². The number of nitrogens with one attached hydrogen (secondary N) is 3. The van der Waals surface area contributed by atoms with Crippen molar-refractivity contribution in [3.05, 3.63) is 47.8 Å². The first-order valence-corrected chi connectivity index (χ1v) is 10.4. The van der Waals surface area contributed by atoms with Gasteiger partial charge < -0.3 is 15.2 Å². The Morgan fingerprint density at radius 2 is 1.89 bits per heavy atom. The topological polar surface area (TPSA) is 109 Å². The van der Waals surface area contributed by atoms with E-state index in [1.807, 2.05) is 19.9 Å². The summed E-state index contributed by atoms with van der Waals surface area (Å²) < 4.78 is 27.4. The van der Waals surface area contributed by atoms with Crippen LogP contribution in [0.5, 0.6) is 0 Å². The second-order valence-electron chi connectivity index (χ2n) is 6.91.